The van der Waals surface area contributed by atoms with E-state index in [1.165, 1.54) is 22.3 Å². The summed E-state index contributed by atoms with van der Waals surface area (Å²) in [6, 6.07) is 14.7. The molecule has 1 atom stereocenters. The number of rotatable bonds is 6. The molecule has 21 heavy (non-hydrogen) atoms. The first kappa shape index (κ1) is 15.6. The van der Waals surface area contributed by atoms with Gasteiger partial charge in [-0.05, 0) is 56.5 Å². The van der Waals surface area contributed by atoms with E-state index in [-0.39, 0.29) is 0 Å². The molecule has 2 N–H and O–H groups in total. The van der Waals surface area contributed by atoms with Crippen LogP contribution < -0.4 is 5.32 Å². The summed E-state index contributed by atoms with van der Waals surface area (Å²) in [4.78, 5) is 0. The molecule has 2 nitrogen and oxygen atoms in total. The van der Waals surface area contributed by atoms with Gasteiger partial charge in [-0.2, -0.15) is 0 Å². The van der Waals surface area contributed by atoms with Gasteiger partial charge in [-0.3, -0.25) is 0 Å². The van der Waals surface area contributed by atoms with Gasteiger partial charge in [0, 0.05) is 6.04 Å². The summed E-state index contributed by atoms with van der Waals surface area (Å²) >= 11 is 0. The predicted molar refractivity (Wildman–Crippen MR) is 88.9 cm³/mol. The Balaban J connectivity index is 2.11. The Hall–Kier alpha value is -1.80. The molecule has 0 radical (unpaired) electrons. The van der Waals surface area contributed by atoms with Crippen molar-refractivity contribution in [3.8, 4) is 5.75 Å². The molecule has 112 valence electrons. The maximum Gasteiger partial charge on any atom is 0.115 e. The average molecular weight is 283 g/mol. The van der Waals surface area contributed by atoms with E-state index < -0.39 is 0 Å². The standard InChI is InChI=1S/C19H25NO/c1-4-20-18(11-16-6-5-7-19(21)13-16)12-17-9-14(2)8-15(3)10-17/h5-10,13,18,20-21H,4,11-12H2,1-3H3. The second kappa shape index (κ2) is 7.28. The number of benzene rings is 2. The van der Waals surface area contributed by atoms with Crippen molar-refractivity contribution < 1.29 is 5.11 Å². The number of phenols is 1. The van der Waals surface area contributed by atoms with Crippen molar-refractivity contribution in [1.29, 1.82) is 0 Å². The second-order valence-corrected chi connectivity index (χ2v) is 5.83. The number of aryl methyl sites for hydroxylation is 2. The summed E-state index contributed by atoms with van der Waals surface area (Å²) in [5.74, 6) is 0.342. The molecule has 0 bridgehead atoms. The Morgan fingerprint density at radius 1 is 0.952 bits per heavy atom. The van der Waals surface area contributed by atoms with Crippen molar-refractivity contribution in [2.24, 2.45) is 0 Å². The molecule has 2 heteroatoms. The van der Waals surface area contributed by atoms with Crippen molar-refractivity contribution in [1.82, 2.24) is 5.32 Å². The monoisotopic (exact) mass is 283 g/mol. The summed E-state index contributed by atoms with van der Waals surface area (Å²) < 4.78 is 0. The van der Waals surface area contributed by atoms with Gasteiger partial charge in [-0.1, -0.05) is 48.4 Å². The highest BCUT2D eigenvalue weighted by atomic mass is 16.3. The van der Waals surface area contributed by atoms with Gasteiger partial charge in [-0.25, -0.2) is 0 Å². The minimum absolute atomic E-state index is 0.342. The van der Waals surface area contributed by atoms with Crippen LogP contribution in [0.15, 0.2) is 42.5 Å². The maximum absolute atomic E-state index is 9.60. The Kier molecular flexibility index (Phi) is 5.40. The summed E-state index contributed by atoms with van der Waals surface area (Å²) in [5.41, 5.74) is 5.18. The van der Waals surface area contributed by atoms with Crippen LogP contribution in [-0.4, -0.2) is 17.7 Å². The largest absolute Gasteiger partial charge is 0.508 e. The van der Waals surface area contributed by atoms with Crippen LogP contribution in [0.5, 0.6) is 5.75 Å². The normalized spacial score (nSPS) is 12.3. The van der Waals surface area contributed by atoms with Crippen molar-refractivity contribution in [3.63, 3.8) is 0 Å². The third kappa shape index (κ3) is 4.91. The van der Waals surface area contributed by atoms with Gasteiger partial charge < -0.3 is 10.4 Å². The topological polar surface area (TPSA) is 32.3 Å². The molecule has 0 amide bonds. The first-order valence-electron chi connectivity index (χ1n) is 7.65. The summed E-state index contributed by atoms with van der Waals surface area (Å²) in [6.45, 7) is 7.38. The molecule has 0 aliphatic heterocycles. The van der Waals surface area contributed by atoms with Crippen molar-refractivity contribution in [3.05, 3.63) is 64.7 Å². The molecule has 0 aliphatic carbocycles. The molecule has 0 spiro atoms. The van der Waals surface area contributed by atoms with E-state index in [4.69, 9.17) is 0 Å². The van der Waals surface area contributed by atoms with Gasteiger partial charge in [-0.15, -0.1) is 0 Å². The zero-order chi connectivity index (χ0) is 15.2. The lowest BCUT2D eigenvalue weighted by Gasteiger charge is -2.19. The molecule has 0 aliphatic rings. The zero-order valence-corrected chi connectivity index (χ0v) is 13.2. The Morgan fingerprint density at radius 2 is 1.62 bits per heavy atom. The molecule has 0 fully saturated rings. The maximum atomic E-state index is 9.60. The Labute approximate surface area is 127 Å². The molecular formula is C19H25NO. The van der Waals surface area contributed by atoms with Crippen LogP contribution in [0.3, 0.4) is 0 Å². The van der Waals surface area contributed by atoms with Crippen molar-refractivity contribution in [2.45, 2.75) is 39.7 Å². The van der Waals surface area contributed by atoms with Crippen LogP contribution >= 0.6 is 0 Å². The van der Waals surface area contributed by atoms with E-state index in [0.29, 0.717) is 11.8 Å². The third-order valence-electron chi connectivity index (χ3n) is 3.65. The van der Waals surface area contributed by atoms with E-state index >= 15 is 0 Å². The van der Waals surface area contributed by atoms with Crippen LogP contribution in [0.25, 0.3) is 0 Å². The van der Waals surface area contributed by atoms with Gasteiger partial charge in [0.1, 0.15) is 5.75 Å². The van der Waals surface area contributed by atoms with Crippen LogP contribution in [0.4, 0.5) is 0 Å². The van der Waals surface area contributed by atoms with Gasteiger partial charge >= 0.3 is 0 Å². The van der Waals surface area contributed by atoms with Crippen LogP contribution in [0.1, 0.15) is 29.2 Å². The van der Waals surface area contributed by atoms with Crippen LogP contribution in [-0.2, 0) is 12.8 Å². The van der Waals surface area contributed by atoms with E-state index in [2.05, 4.69) is 50.4 Å². The highest BCUT2D eigenvalue weighted by Crippen LogP contribution is 2.16. The predicted octanol–water partition coefficient (Wildman–Crippen LogP) is 3.77. The van der Waals surface area contributed by atoms with Crippen molar-refractivity contribution >= 4 is 0 Å². The number of hydrogen-bond acceptors (Lipinski definition) is 2. The zero-order valence-electron chi connectivity index (χ0n) is 13.2. The SMILES string of the molecule is CCNC(Cc1cc(C)cc(C)c1)Cc1cccc(O)c1. The Bertz CT molecular complexity index is 572. The number of hydrogen-bond donors (Lipinski definition) is 2. The molecule has 0 saturated carbocycles. The van der Waals surface area contributed by atoms with Crippen LogP contribution in [0.2, 0.25) is 0 Å². The lowest BCUT2D eigenvalue weighted by molar-refractivity contribution is 0.472. The number of nitrogens with one attached hydrogen (secondary N) is 1. The number of aromatic hydroxyl groups is 1. The fourth-order valence-corrected chi connectivity index (χ4v) is 2.94. The molecule has 1 unspecified atom stereocenters. The van der Waals surface area contributed by atoms with E-state index in [0.717, 1.165) is 19.4 Å². The molecule has 2 aromatic carbocycles. The second-order valence-electron chi connectivity index (χ2n) is 5.83. The lowest BCUT2D eigenvalue weighted by atomic mass is 9.96. The summed E-state index contributed by atoms with van der Waals surface area (Å²) in [5, 5.41) is 13.2. The lowest BCUT2D eigenvalue weighted by Crippen LogP contribution is -2.33. The molecule has 0 heterocycles. The smallest absolute Gasteiger partial charge is 0.115 e. The van der Waals surface area contributed by atoms with Gasteiger partial charge in [0.15, 0.2) is 0 Å². The molecule has 2 rings (SSSR count). The van der Waals surface area contributed by atoms with E-state index in [1.54, 1.807) is 6.07 Å². The fourth-order valence-electron chi connectivity index (χ4n) is 2.94. The quantitative estimate of drug-likeness (QED) is 0.846. The Morgan fingerprint density at radius 3 is 2.24 bits per heavy atom. The number of phenolic OH excluding ortho intramolecular Hbond substituents is 1. The minimum atomic E-state index is 0.342. The molecule has 0 saturated heterocycles. The minimum Gasteiger partial charge on any atom is -0.508 e. The highest BCUT2D eigenvalue weighted by molar-refractivity contribution is 5.31. The average Bonchev–Trinajstić information content (AvgIpc) is 2.37. The fraction of sp³-hybridized carbons (Fsp3) is 0.368. The first-order chi connectivity index (χ1) is 10.1. The molecule has 0 aromatic heterocycles. The molecule has 2 aromatic rings. The first-order valence-corrected chi connectivity index (χ1v) is 7.65. The summed E-state index contributed by atoms with van der Waals surface area (Å²) in [7, 11) is 0. The van der Waals surface area contributed by atoms with Crippen molar-refractivity contribution in [2.75, 3.05) is 6.54 Å². The van der Waals surface area contributed by atoms with Crippen LogP contribution in [0, 0.1) is 13.8 Å². The summed E-state index contributed by atoms with van der Waals surface area (Å²) in [6.07, 6.45) is 1.93. The number of likely N-dealkylation sites (N-methyl/N-ethyl adjacent to an activating group) is 1. The molecular weight excluding hydrogens is 258 g/mol. The third-order valence-corrected chi connectivity index (χ3v) is 3.65. The highest BCUT2D eigenvalue weighted by Gasteiger charge is 2.10. The van der Waals surface area contributed by atoms with E-state index in [9.17, 15) is 5.11 Å². The van der Waals surface area contributed by atoms with Gasteiger partial charge in [0.2, 0.25) is 0 Å². The van der Waals surface area contributed by atoms with Gasteiger partial charge in [0.05, 0.1) is 0 Å². The van der Waals surface area contributed by atoms with E-state index in [1.807, 2.05) is 12.1 Å². The van der Waals surface area contributed by atoms with Gasteiger partial charge in [0.25, 0.3) is 0 Å².